The number of methoxy groups -OCH3 is 4. The highest BCUT2D eigenvalue weighted by atomic mass is 16.5. The Bertz CT molecular complexity index is 782. The van der Waals surface area contributed by atoms with Crippen molar-refractivity contribution in [2.45, 2.75) is 19.4 Å². The van der Waals surface area contributed by atoms with Crippen LogP contribution in [-0.2, 0) is 6.42 Å². The number of ether oxygens (including phenoxy) is 4. The zero-order valence-electron chi connectivity index (χ0n) is 16.0. The van der Waals surface area contributed by atoms with Crippen molar-refractivity contribution in [3.05, 3.63) is 53.1 Å². The van der Waals surface area contributed by atoms with Crippen LogP contribution >= 0.6 is 0 Å². The van der Waals surface area contributed by atoms with E-state index in [0.29, 0.717) is 29.4 Å². The Morgan fingerprint density at radius 2 is 1.38 bits per heavy atom. The second-order valence-electron chi connectivity index (χ2n) is 5.89. The molecule has 0 aliphatic heterocycles. The molecular formula is C21H26O5. The first-order valence-corrected chi connectivity index (χ1v) is 8.26. The molecule has 0 saturated heterocycles. The van der Waals surface area contributed by atoms with E-state index in [4.69, 9.17) is 18.9 Å². The lowest BCUT2D eigenvalue weighted by molar-refractivity contribution is 0.177. The Kier molecular flexibility index (Phi) is 6.52. The van der Waals surface area contributed by atoms with Crippen LogP contribution in [0.3, 0.4) is 0 Å². The van der Waals surface area contributed by atoms with E-state index in [2.05, 4.69) is 6.58 Å². The third-order valence-electron chi connectivity index (χ3n) is 4.41. The van der Waals surface area contributed by atoms with Crippen molar-refractivity contribution >= 4 is 6.08 Å². The molecule has 5 nitrogen and oxygen atoms in total. The highest BCUT2D eigenvalue weighted by Crippen LogP contribution is 2.36. The Morgan fingerprint density at radius 3 is 1.92 bits per heavy atom. The van der Waals surface area contributed by atoms with Gasteiger partial charge in [0.1, 0.15) is 0 Å². The van der Waals surface area contributed by atoms with Crippen LogP contribution in [0, 0.1) is 6.92 Å². The Labute approximate surface area is 154 Å². The van der Waals surface area contributed by atoms with Crippen molar-refractivity contribution in [2.24, 2.45) is 0 Å². The lowest BCUT2D eigenvalue weighted by atomic mass is 9.94. The summed E-state index contributed by atoms with van der Waals surface area (Å²) >= 11 is 0. The molecular weight excluding hydrogens is 332 g/mol. The van der Waals surface area contributed by atoms with Crippen molar-refractivity contribution in [3.63, 3.8) is 0 Å². The molecule has 0 aromatic heterocycles. The van der Waals surface area contributed by atoms with Gasteiger partial charge in [-0.25, -0.2) is 0 Å². The van der Waals surface area contributed by atoms with E-state index >= 15 is 0 Å². The van der Waals surface area contributed by atoms with Crippen molar-refractivity contribution in [1.82, 2.24) is 0 Å². The maximum atomic E-state index is 10.8. The molecule has 2 rings (SSSR count). The molecule has 0 bridgehead atoms. The molecule has 0 amide bonds. The van der Waals surface area contributed by atoms with E-state index < -0.39 is 6.10 Å². The van der Waals surface area contributed by atoms with E-state index in [0.717, 1.165) is 22.3 Å². The van der Waals surface area contributed by atoms with Crippen LogP contribution in [0.2, 0.25) is 0 Å². The quantitative estimate of drug-likeness (QED) is 0.774. The SMILES string of the molecule is C=Cc1cc(OC)c(OC)cc1CC(O)c1cc(OC)c(OC)cc1C. The smallest absolute Gasteiger partial charge is 0.161 e. The summed E-state index contributed by atoms with van der Waals surface area (Å²) in [5.74, 6) is 2.47. The van der Waals surface area contributed by atoms with Gasteiger partial charge >= 0.3 is 0 Å². The summed E-state index contributed by atoms with van der Waals surface area (Å²) in [5.41, 5.74) is 3.52. The number of rotatable bonds is 8. The minimum absolute atomic E-state index is 0.401. The molecule has 5 heteroatoms. The molecule has 0 saturated carbocycles. The number of aryl methyl sites for hydroxylation is 1. The molecule has 26 heavy (non-hydrogen) atoms. The first-order valence-electron chi connectivity index (χ1n) is 8.26. The van der Waals surface area contributed by atoms with Crippen LogP contribution in [0.15, 0.2) is 30.8 Å². The van der Waals surface area contributed by atoms with Crippen molar-refractivity contribution in [2.75, 3.05) is 28.4 Å². The highest BCUT2D eigenvalue weighted by molar-refractivity contribution is 5.59. The summed E-state index contributed by atoms with van der Waals surface area (Å²) in [4.78, 5) is 0. The normalized spacial score (nSPS) is 11.6. The van der Waals surface area contributed by atoms with Gasteiger partial charge in [-0.2, -0.15) is 0 Å². The van der Waals surface area contributed by atoms with Crippen LogP contribution in [0.25, 0.3) is 6.08 Å². The summed E-state index contributed by atoms with van der Waals surface area (Å²) in [6.07, 6.45) is 1.43. The largest absolute Gasteiger partial charge is 0.493 e. The number of hydrogen-bond acceptors (Lipinski definition) is 5. The summed E-state index contributed by atoms with van der Waals surface area (Å²) in [6.45, 7) is 5.79. The van der Waals surface area contributed by atoms with Gasteiger partial charge in [0, 0.05) is 6.42 Å². The summed E-state index contributed by atoms with van der Waals surface area (Å²) in [5, 5.41) is 10.8. The van der Waals surface area contributed by atoms with Crippen LogP contribution in [0.5, 0.6) is 23.0 Å². The minimum atomic E-state index is -0.716. The number of aliphatic hydroxyl groups excluding tert-OH is 1. The van der Waals surface area contributed by atoms with Gasteiger partial charge in [0.2, 0.25) is 0 Å². The lowest BCUT2D eigenvalue weighted by Crippen LogP contribution is -2.07. The van der Waals surface area contributed by atoms with E-state index in [1.165, 1.54) is 0 Å². The number of benzene rings is 2. The van der Waals surface area contributed by atoms with E-state index in [9.17, 15) is 5.11 Å². The predicted molar refractivity (Wildman–Crippen MR) is 103 cm³/mol. The maximum Gasteiger partial charge on any atom is 0.161 e. The van der Waals surface area contributed by atoms with Gasteiger partial charge in [-0.05, 0) is 53.4 Å². The van der Waals surface area contributed by atoms with Crippen molar-refractivity contribution < 1.29 is 24.1 Å². The predicted octanol–water partition coefficient (Wildman–Crippen LogP) is 3.95. The van der Waals surface area contributed by atoms with E-state index in [-0.39, 0.29) is 0 Å². The van der Waals surface area contributed by atoms with Gasteiger partial charge < -0.3 is 24.1 Å². The summed E-state index contributed by atoms with van der Waals surface area (Å²) in [6, 6.07) is 7.40. The first kappa shape index (κ1) is 19.7. The molecule has 140 valence electrons. The maximum absolute atomic E-state index is 10.8. The van der Waals surface area contributed by atoms with E-state index in [1.54, 1.807) is 34.5 Å². The molecule has 0 aliphatic rings. The van der Waals surface area contributed by atoms with Gasteiger partial charge in [-0.15, -0.1) is 0 Å². The molecule has 2 aromatic rings. The number of hydrogen-bond donors (Lipinski definition) is 1. The highest BCUT2D eigenvalue weighted by Gasteiger charge is 2.18. The minimum Gasteiger partial charge on any atom is -0.493 e. The zero-order valence-corrected chi connectivity index (χ0v) is 16.0. The molecule has 1 unspecified atom stereocenters. The third-order valence-corrected chi connectivity index (χ3v) is 4.41. The van der Waals surface area contributed by atoms with Crippen molar-refractivity contribution in [1.29, 1.82) is 0 Å². The van der Waals surface area contributed by atoms with E-state index in [1.807, 2.05) is 31.2 Å². The zero-order chi connectivity index (χ0) is 19.3. The van der Waals surface area contributed by atoms with Crippen LogP contribution in [-0.4, -0.2) is 33.5 Å². The van der Waals surface area contributed by atoms with Gasteiger partial charge in [-0.3, -0.25) is 0 Å². The Balaban J connectivity index is 2.41. The van der Waals surface area contributed by atoms with Crippen LogP contribution in [0.4, 0.5) is 0 Å². The monoisotopic (exact) mass is 358 g/mol. The number of aliphatic hydroxyl groups is 1. The fraction of sp³-hybridized carbons (Fsp3) is 0.333. The molecule has 1 atom stereocenters. The van der Waals surface area contributed by atoms with Gasteiger partial charge in [0.05, 0.1) is 34.5 Å². The second kappa shape index (κ2) is 8.63. The molecule has 0 spiro atoms. The van der Waals surface area contributed by atoms with Gasteiger partial charge in [0.15, 0.2) is 23.0 Å². The molecule has 1 N–H and O–H groups in total. The Morgan fingerprint density at radius 1 is 0.885 bits per heavy atom. The molecule has 0 heterocycles. The fourth-order valence-electron chi connectivity index (χ4n) is 2.98. The lowest BCUT2D eigenvalue weighted by Gasteiger charge is -2.19. The summed E-state index contributed by atoms with van der Waals surface area (Å²) < 4.78 is 21.4. The van der Waals surface area contributed by atoms with Crippen LogP contribution in [0.1, 0.15) is 28.4 Å². The van der Waals surface area contributed by atoms with Gasteiger partial charge in [0.25, 0.3) is 0 Å². The molecule has 0 radical (unpaired) electrons. The average molecular weight is 358 g/mol. The van der Waals surface area contributed by atoms with Gasteiger partial charge in [-0.1, -0.05) is 12.7 Å². The average Bonchev–Trinajstić information content (AvgIpc) is 2.66. The molecule has 0 aliphatic carbocycles. The van der Waals surface area contributed by atoms with Crippen molar-refractivity contribution in [3.8, 4) is 23.0 Å². The standard InChI is InChI=1S/C21H26O5/c1-7-14-10-19(24-4)20(25-5)11-15(14)9-17(22)16-12-21(26-6)18(23-3)8-13(16)2/h7-8,10-12,17,22H,1,9H2,2-6H3. The summed E-state index contributed by atoms with van der Waals surface area (Å²) in [7, 11) is 6.34. The molecule has 0 fully saturated rings. The molecule has 2 aromatic carbocycles. The first-order chi connectivity index (χ1) is 12.5. The second-order valence-corrected chi connectivity index (χ2v) is 5.89. The fourth-order valence-corrected chi connectivity index (χ4v) is 2.98. The van der Waals surface area contributed by atoms with Crippen LogP contribution < -0.4 is 18.9 Å². The Hall–Kier alpha value is -2.66. The topological polar surface area (TPSA) is 57.2 Å². The third kappa shape index (κ3) is 3.94.